The van der Waals surface area contributed by atoms with E-state index in [1.807, 2.05) is 6.92 Å². The van der Waals surface area contributed by atoms with Crippen LogP contribution in [0.25, 0.3) is 5.95 Å². The van der Waals surface area contributed by atoms with Gasteiger partial charge in [-0.1, -0.05) is 11.8 Å². The Kier molecular flexibility index (Phi) is 4.48. The summed E-state index contributed by atoms with van der Waals surface area (Å²) in [6.07, 6.45) is 3.43. The molecule has 2 rings (SSSR count). The molecule has 0 unspecified atom stereocenters. The summed E-state index contributed by atoms with van der Waals surface area (Å²) >= 11 is 1.38. The highest BCUT2D eigenvalue weighted by Crippen LogP contribution is 2.15. The van der Waals surface area contributed by atoms with Crippen LogP contribution in [0.1, 0.15) is 6.92 Å². The molecule has 7 nitrogen and oxygen atoms in total. The van der Waals surface area contributed by atoms with Crippen LogP contribution in [0.2, 0.25) is 0 Å². The lowest BCUT2D eigenvalue weighted by atomic mass is 10.7. The number of rotatable bonds is 6. The van der Waals surface area contributed by atoms with Crippen molar-refractivity contribution in [2.24, 2.45) is 0 Å². The van der Waals surface area contributed by atoms with Gasteiger partial charge in [0.15, 0.2) is 5.16 Å². The molecule has 0 aliphatic heterocycles. The molecule has 0 atom stereocenters. The monoisotopic (exact) mass is 266 g/mol. The van der Waals surface area contributed by atoms with Crippen molar-refractivity contribution in [3.8, 4) is 5.95 Å². The summed E-state index contributed by atoms with van der Waals surface area (Å²) in [5, 5.41) is 16.5. The van der Waals surface area contributed by atoms with Crippen LogP contribution < -0.4 is 5.32 Å². The molecule has 96 valence electrons. The molecule has 18 heavy (non-hydrogen) atoms. The van der Waals surface area contributed by atoms with Gasteiger partial charge in [-0.25, -0.2) is 4.68 Å². The Balaban J connectivity index is 2.30. The van der Waals surface area contributed by atoms with Gasteiger partial charge in [0.25, 0.3) is 5.95 Å². The first-order valence-electron chi connectivity index (χ1n) is 5.57. The van der Waals surface area contributed by atoms with Gasteiger partial charge in [0.1, 0.15) is 0 Å². The van der Waals surface area contributed by atoms with Crippen molar-refractivity contribution in [3.63, 3.8) is 0 Å². The Morgan fingerprint density at radius 1 is 1.39 bits per heavy atom. The van der Waals surface area contributed by atoms with Gasteiger partial charge in [0.05, 0.1) is 6.61 Å². The molecule has 2 aromatic heterocycles. The maximum Gasteiger partial charge on any atom is 0.256 e. The molecule has 2 aromatic rings. The van der Waals surface area contributed by atoms with Gasteiger partial charge in [-0.3, -0.25) is 0 Å². The Morgan fingerprint density at radius 3 is 2.94 bits per heavy atom. The van der Waals surface area contributed by atoms with Crippen LogP contribution in [-0.2, 0) is 0 Å². The maximum absolute atomic E-state index is 8.83. The second-order valence-electron chi connectivity index (χ2n) is 3.29. The lowest BCUT2D eigenvalue weighted by Crippen LogP contribution is -2.10. The highest BCUT2D eigenvalue weighted by molar-refractivity contribution is 7.99. The average molecular weight is 266 g/mol. The minimum absolute atomic E-state index is 0.0873. The number of hydrogen-bond acceptors (Lipinski definition) is 7. The summed E-state index contributed by atoms with van der Waals surface area (Å²) in [5.41, 5.74) is 0. The summed E-state index contributed by atoms with van der Waals surface area (Å²) in [5.74, 6) is 1.53. The Labute approximate surface area is 109 Å². The van der Waals surface area contributed by atoms with E-state index in [2.05, 4.69) is 25.4 Å². The van der Waals surface area contributed by atoms with E-state index in [-0.39, 0.29) is 6.61 Å². The lowest BCUT2D eigenvalue weighted by Gasteiger charge is -2.06. The highest BCUT2D eigenvalue weighted by atomic mass is 32.2. The predicted octanol–water partition coefficient (Wildman–Crippen LogP) is 0.573. The summed E-state index contributed by atoms with van der Waals surface area (Å²) in [7, 11) is 0. The van der Waals surface area contributed by atoms with Gasteiger partial charge >= 0.3 is 0 Å². The fourth-order valence-corrected chi connectivity index (χ4v) is 1.85. The number of anilines is 1. The number of thioether (sulfide) groups is 1. The molecule has 0 saturated heterocycles. The number of aliphatic hydroxyl groups is 1. The van der Waals surface area contributed by atoms with Gasteiger partial charge in [-0.15, -0.1) is 0 Å². The van der Waals surface area contributed by atoms with Crippen LogP contribution in [0.15, 0.2) is 23.6 Å². The molecule has 0 radical (unpaired) electrons. The summed E-state index contributed by atoms with van der Waals surface area (Å²) < 4.78 is 1.57. The molecular weight excluding hydrogens is 252 g/mol. The van der Waals surface area contributed by atoms with Crippen molar-refractivity contribution >= 4 is 17.7 Å². The van der Waals surface area contributed by atoms with Crippen molar-refractivity contribution in [1.29, 1.82) is 0 Å². The molecule has 0 fully saturated rings. The van der Waals surface area contributed by atoms with Gasteiger partial charge in [0.2, 0.25) is 5.95 Å². The first-order valence-corrected chi connectivity index (χ1v) is 6.55. The fraction of sp³-hybridized carbons (Fsp3) is 0.400. The van der Waals surface area contributed by atoms with Crippen molar-refractivity contribution in [2.45, 2.75) is 12.1 Å². The highest BCUT2D eigenvalue weighted by Gasteiger charge is 2.08. The van der Waals surface area contributed by atoms with Crippen LogP contribution >= 0.6 is 11.8 Å². The van der Waals surface area contributed by atoms with Gasteiger partial charge in [-0.2, -0.15) is 20.1 Å². The molecule has 8 heteroatoms. The van der Waals surface area contributed by atoms with Crippen LogP contribution in [0.4, 0.5) is 5.95 Å². The van der Waals surface area contributed by atoms with Crippen molar-refractivity contribution in [1.82, 2.24) is 24.7 Å². The van der Waals surface area contributed by atoms with Crippen molar-refractivity contribution < 1.29 is 5.11 Å². The van der Waals surface area contributed by atoms with Crippen molar-refractivity contribution in [2.75, 3.05) is 24.2 Å². The molecule has 0 aromatic carbocycles. The summed E-state index contributed by atoms with van der Waals surface area (Å²) in [6.45, 7) is 2.79. The van der Waals surface area contributed by atoms with Gasteiger partial charge in [-0.05, 0) is 13.0 Å². The van der Waals surface area contributed by atoms with E-state index in [0.717, 1.165) is 6.54 Å². The minimum Gasteiger partial charge on any atom is -0.396 e. The minimum atomic E-state index is 0.0873. The SMILES string of the molecule is CCNc1nc(SCCO)nc(-n2cccn2)n1. The second-order valence-corrected chi connectivity index (χ2v) is 4.36. The van der Waals surface area contributed by atoms with E-state index in [9.17, 15) is 0 Å². The average Bonchev–Trinajstić information content (AvgIpc) is 2.90. The zero-order valence-corrected chi connectivity index (χ0v) is 10.8. The third-order valence-corrected chi connectivity index (χ3v) is 2.80. The summed E-state index contributed by atoms with van der Waals surface area (Å²) in [6, 6.07) is 1.80. The third-order valence-electron chi connectivity index (χ3n) is 1.97. The zero-order chi connectivity index (χ0) is 12.8. The largest absolute Gasteiger partial charge is 0.396 e. The molecule has 0 aliphatic rings. The maximum atomic E-state index is 8.83. The molecule has 2 heterocycles. The normalized spacial score (nSPS) is 10.6. The molecule has 0 amide bonds. The smallest absolute Gasteiger partial charge is 0.256 e. The van der Waals surface area contributed by atoms with E-state index in [1.54, 1.807) is 23.1 Å². The van der Waals surface area contributed by atoms with E-state index in [1.165, 1.54) is 11.8 Å². The molecule has 0 bridgehead atoms. The zero-order valence-electron chi connectivity index (χ0n) is 9.94. The number of hydrogen-bond donors (Lipinski definition) is 2. The standard InChI is InChI=1S/C10H14N6OS/c1-2-11-8-13-9(16-5-3-4-12-16)15-10(14-8)18-7-6-17/h3-5,17H,2,6-7H2,1H3,(H,11,13,14,15). The predicted molar refractivity (Wildman–Crippen MR) is 68.9 cm³/mol. The van der Waals surface area contributed by atoms with Crippen LogP contribution in [0.3, 0.4) is 0 Å². The van der Waals surface area contributed by atoms with Crippen molar-refractivity contribution in [3.05, 3.63) is 18.5 Å². The van der Waals surface area contributed by atoms with Crippen LogP contribution in [-0.4, -0.2) is 48.7 Å². The van der Waals surface area contributed by atoms with Crippen LogP contribution in [0, 0.1) is 0 Å². The molecule has 0 aliphatic carbocycles. The Bertz CT molecular complexity index is 489. The van der Waals surface area contributed by atoms with E-state index in [4.69, 9.17) is 5.11 Å². The number of aromatic nitrogens is 5. The molecular formula is C10H14N6OS. The second kappa shape index (κ2) is 6.31. The number of aliphatic hydroxyl groups excluding tert-OH is 1. The lowest BCUT2D eigenvalue weighted by molar-refractivity contribution is 0.322. The van der Waals surface area contributed by atoms with Gasteiger partial charge in [0, 0.05) is 24.7 Å². The van der Waals surface area contributed by atoms with E-state index in [0.29, 0.717) is 22.8 Å². The van der Waals surface area contributed by atoms with E-state index < -0.39 is 0 Å². The number of nitrogens with zero attached hydrogens (tertiary/aromatic N) is 5. The third kappa shape index (κ3) is 3.17. The summed E-state index contributed by atoms with van der Waals surface area (Å²) in [4.78, 5) is 12.8. The van der Waals surface area contributed by atoms with E-state index >= 15 is 0 Å². The first-order chi connectivity index (χ1) is 8.83. The molecule has 0 saturated carbocycles. The first kappa shape index (κ1) is 12.8. The molecule has 2 N–H and O–H groups in total. The van der Waals surface area contributed by atoms with Crippen LogP contribution in [0.5, 0.6) is 0 Å². The Morgan fingerprint density at radius 2 is 2.28 bits per heavy atom. The molecule has 0 spiro atoms. The fourth-order valence-electron chi connectivity index (χ4n) is 1.27. The Hall–Kier alpha value is -1.67. The topological polar surface area (TPSA) is 88.8 Å². The van der Waals surface area contributed by atoms with Gasteiger partial charge < -0.3 is 10.4 Å². The quantitative estimate of drug-likeness (QED) is 0.739. The number of nitrogens with one attached hydrogen (secondary N) is 1.